The number of carbonyl (C=O) groups excluding carboxylic acids is 2. The SMILES string of the molecule is C=CC(=O)OC(COC(=O)C(=C)C)COc1ccc(-c2ccc(N(c3ccccc3)c3ccc(-c4ccccc4)cc3)cc2)cc1. The molecule has 5 rings (SSSR count). The number of carbonyl (C=O) groups is 2. The second kappa shape index (κ2) is 15.2. The fraction of sp³-hybridized carbons (Fsp3) is 0.100. The third-order valence-electron chi connectivity index (χ3n) is 7.19. The van der Waals surface area contributed by atoms with Crippen molar-refractivity contribution in [3.8, 4) is 28.0 Å². The predicted octanol–water partition coefficient (Wildman–Crippen LogP) is 9.09. The first-order chi connectivity index (χ1) is 22.4. The predicted molar refractivity (Wildman–Crippen MR) is 183 cm³/mol. The maximum absolute atomic E-state index is 11.8. The molecule has 0 fully saturated rings. The first kappa shape index (κ1) is 31.5. The first-order valence-corrected chi connectivity index (χ1v) is 14.9. The van der Waals surface area contributed by atoms with E-state index < -0.39 is 18.0 Å². The monoisotopic (exact) mass is 609 g/mol. The topological polar surface area (TPSA) is 65.1 Å². The highest BCUT2D eigenvalue weighted by molar-refractivity contribution is 5.87. The van der Waals surface area contributed by atoms with Gasteiger partial charge in [0, 0.05) is 28.7 Å². The minimum Gasteiger partial charge on any atom is -0.490 e. The Morgan fingerprint density at radius 2 is 1.11 bits per heavy atom. The average molecular weight is 610 g/mol. The average Bonchev–Trinajstić information content (AvgIpc) is 3.11. The molecule has 1 unspecified atom stereocenters. The summed E-state index contributed by atoms with van der Waals surface area (Å²) in [6, 6.07) is 45.3. The Hall–Kier alpha value is -5.88. The molecular formula is C40H35NO5. The van der Waals surface area contributed by atoms with Crippen molar-refractivity contribution < 1.29 is 23.8 Å². The molecule has 46 heavy (non-hydrogen) atoms. The van der Waals surface area contributed by atoms with Crippen molar-refractivity contribution in [1.29, 1.82) is 0 Å². The fourth-order valence-corrected chi connectivity index (χ4v) is 4.81. The molecule has 230 valence electrons. The molecule has 0 heterocycles. The number of hydrogen-bond acceptors (Lipinski definition) is 6. The molecule has 0 spiro atoms. The second-order valence-corrected chi connectivity index (χ2v) is 10.6. The number of nitrogens with zero attached hydrogens (tertiary/aromatic N) is 1. The number of anilines is 3. The van der Waals surface area contributed by atoms with Crippen LogP contribution in [0.1, 0.15) is 6.92 Å². The maximum atomic E-state index is 11.8. The van der Waals surface area contributed by atoms with E-state index in [1.807, 2.05) is 60.7 Å². The van der Waals surface area contributed by atoms with Crippen LogP contribution in [0, 0.1) is 0 Å². The van der Waals surface area contributed by atoms with E-state index in [0.717, 1.165) is 34.3 Å². The third-order valence-corrected chi connectivity index (χ3v) is 7.19. The minimum absolute atomic E-state index is 0.00125. The second-order valence-electron chi connectivity index (χ2n) is 10.6. The minimum atomic E-state index is -0.803. The molecule has 0 amide bonds. The lowest BCUT2D eigenvalue weighted by Gasteiger charge is -2.26. The Bertz CT molecular complexity index is 1760. The summed E-state index contributed by atoms with van der Waals surface area (Å²) in [4.78, 5) is 25.8. The smallest absolute Gasteiger partial charge is 0.333 e. The summed E-state index contributed by atoms with van der Waals surface area (Å²) < 4.78 is 16.3. The van der Waals surface area contributed by atoms with E-state index in [9.17, 15) is 9.59 Å². The van der Waals surface area contributed by atoms with E-state index >= 15 is 0 Å². The quantitative estimate of drug-likeness (QED) is 0.0980. The fourth-order valence-electron chi connectivity index (χ4n) is 4.81. The highest BCUT2D eigenvalue weighted by Gasteiger charge is 2.18. The van der Waals surface area contributed by atoms with Gasteiger partial charge in [-0.05, 0) is 77.7 Å². The zero-order valence-electron chi connectivity index (χ0n) is 25.7. The van der Waals surface area contributed by atoms with E-state index in [0.29, 0.717) is 5.75 Å². The molecule has 0 aliphatic heterocycles. The highest BCUT2D eigenvalue weighted by Crippen LogP contribution is 2.36. The van der Waals surface area contributed by atoms with Crippen molar-refractivity contribution in [1.82, 2.24) is 0 Å². The van der Waals surface area contributed by atoms with Gasteiger partial charge in [-0.25, -0.2) is 9.59 Å². The molecule has 0 N–H and O–H groups in total. The lowest BCUT2D eigenvalue weighted by atomic mass is 10.0. The van der Waals surface area contributed by atoms with Crippen molar-refractivity contribution in [2.24, 2.45) is 0 Å². The lowest BCUT2D eigenvalue weighted by Crippen LogP contribution is -2.30. The van der Waals surface area contributed by atoms with E-state index in [2.05, 4.69) is 90.9 Å². The summed E-state index contributed by atoms with van der Waals surface area (Å²) in [6.45, 7) is 8.35. The van der Waals surface area contributed by atoms with Gasteiger partial charge >= 0.3 is 11.9 Å². The third kappa shape index (κ3) is 8.18. The molecule has 0 saturated carbocycles. The molecule has 1 atom stereocenters. The molecule has 0 aliphatic carbocycles. The molecule has 6 nitrogen and oxygen atoms in total. The van der Waals surface area contributed by atoms with Crippen LogP contribution < -0.4 is 9.64 Å². The van der Waals surface area contributed by atoms with Crippen molar-refractivity contribution >= 4 is 29.0 Å². The van der Waals surface area contributed by atoms with Gasteiger partial charge < -0.3 is 19.1 Å². The molecule has 0 radical (unpaired) electrons. The molecule has 0 aliphatic rings. The Labute approximate surface area is 269 Å². The van der Waals surface area contributed by atoms with E-state index in [-0.39, 0.29) is 18.8 Å². The number of rotatable bonds is 13. The Balaban J connectivity index is 1.29. The van der Waals surface area contributed by atoms with Crippen molar-refractivity contribution in [3.05, 3.63) is 158 Å². The molecule has 0 aromatic heterocycles. The normalized spacial score (nSPS) is 11.2. The largest absolute Gasteiger partial charge is 0.490 e. The van der Waals surface area contributed by atoms with Gasteiger partial charge in [-0.3, -0.25) is 0 Å². The van der Waals surface area contributed by atoms with Gasteiger partial charge in [0.15, 0.2) is 6.10 Å². The summed E-state index contributed by atoms with van der Waals surface area (Å²) >= 11 is 0. The zero-order valence-corrected chi connectivity index (χ0v) is 25.7. The summed E-state index contributed by atoms with van der Waals surface area (Å²) in [7, 11) is 0. The van der Waals surface area contributed by atoms with Crippen molar-refractivity contribution in [3.63, 3.8) is 0 Å². The Morgan fingerprint density at radius 3 is 1.61 bits per heavy atom. The van der Waals surface area contributed by atoms with E-state index in [4.69, 9.17) is 14.2 Å². The highest BCUT2D eigenvalue weighted by atomic mass is 16.6. The Kier molecular flexibility index (Phi) is 10.4. The van der Waals surface area contributed by atoms with Crippen LogP contribution in [0.4, 0.5) is 17.1 Å². The van der Waals surface area contributed by atoms with Crippen LogP contribution in [0.2, 0.25) is 0 Å². The van der Waals surface area contributed by atoms with Crippen LogP contribution in [-0.4, -0.2) is 31.3 Å². The van der Waals surface area contributed by atoms with Gasteiger partial charge in [0.2, 0.25) is 0 Å². The summed E-state index contributed by atoms with van der Waals surface area (Å²) in [5.74, 6) is -0.614. The standard InChI is InChI=1S/C40H35NO5/c1-4-39(42)46-38(28-45-40(43)29(2)3)27-44-37-25-19-33(20-26-37)32-17-23-36(24-18-32)41(34-13-9-6-10-14-34)35-21-15-31(16-22-35)30-11-7-5-8-12-30/h4-26,38H,1-2,27-28H2,3H3. The van der Waals surface area contributed by atoms with Gasteiger partial charge in [-0.15, -0.1) is 0 Å². The molecule has 0 bridgehead atoms. The van der Waals surface area contributed by atoms with Gasteiger partial charge in [0.05, 0.1) is 0 Å². The molecule has 6 heteroatoms. The zero-order chi connectivity index (χ0) is 32.3. The van der Waals surface area contributed by atoms with Crippen LogP contribution in [-0.2, 0) is 19.1 Å². The van der Waals surface area contributed by atoms with Crippen molar-refractivity contribution in [2.75, 3.05) is 18.1 Å². The van der Waals surface area contributed by atoms with Gasteiger partial charge in [-0.1, -0.05) is 98.1 Å². The number of para-hydroxylation sites is 1. The van der Waals surface area contributed by atoms with Crippen LogP contribution in [0.3, 0.4) is 0 Å². The summed E-state index contributed by atoms with van der Waals surface area (Å²) in [5.41, 5.74) is 7.83. The van der Waals surface area contributed by atoms with Gasteiger partial charge in [-0.2, -0.15) is 0 Å². The summed E-state index contributed by atoms with van der Waals surface area (Å²) in [6.07, 6.45) is 0.247. The molecular weight excluding hydrogens is 574 g/mol. The summed E-state index contributed by atoms with van der Waals surface area (Å²) in [5, 5.41) is 0. The lowest BCUT2D eigenvalue weighted by molar-refractivity contribution is -0.154. The van der Waals surface area contributed by atoms with Crippen molar-refractivity contribution in [2.45, 2.75) is 13.0 Å². The van der Waals surface area contributed by atoms with Crippen LogP contribution in [0.15, 0.2) is 158 Å². The molecule has 5 aromatic rings. The molecule has 0 saturated heterocycles. The van der Waals surface area contributed by atoms with Crippen LogP contribution in [0.5, 0.6) is 5.75 Å². The maximum Gasteiger partial charge on any atom is 0.333 e. The van der Waals surface area contributed by atoms with Crippen LogP contribution >= 0.6 is 0 Å². The number of hydrogen-bond donors (Lipinski definition) is 0. The van der Waals surface area contributed by atoms with Crippen LogP contribution in [0.25, 0.3) is 22.3 Å². The van der Waals surface area contributed by atoms with E-state index in [1.54, 1.807) is 6.92 Å². The number of esters is 2. The number of ether oxygens (including phenoxy) is 3. The number of benzene rings is 5. The molecule has 5 aromatic carbocycles. The first-order valence-electron chi connectivity index (χ1n) is 14.9. The Morgan fingerprint density at radius 1 is 0.652 bits per heavy atom. The van der Waals surface area contributed by atoms with Gasteiger partial charge in [0.25, 0.3) is 0 Å². The van der Waals surface area contributed by atoms with E-state index in [1.165, 1.54) is 11.1 Å². The van der Waals surface area contributed by atoms with Gasteiger partial charge in [0.1, 0.15) is 19.0 Å².